The summed E-state index contributed by atoms with van der Waals surface area (Å²) in [6.07, 6.45) is 9.14. The molecule has 0 aliphatic carbocycles. The molecule has 0 saturated carbocycles. The smallest absolute Gasteiger partial charge is 0.295 e. The van der Waals surface area contributed by atoms with Crippen LogP contribution < -0.4 is 0 Å². The molecule has 4 rings (SSSR count). The van der Waals surface area contributed by atoms with Crippen molar-refractivity contribution in [1.29, 1.82) is 0 Å². The number of hydrogen-bond acceptors (Lipinski definition) is 5. The van der Waals surface area contributed by atoms with Crippen LogP contribution in [0.15, 0.2) is 77.6 Å². The molecular formula is C22H19BrN4O3. The van der Waals surface area contributed by atoms with Gasteiger partial charge in [0.05, 0.1) is 17.9 Å². The molecule has 1 saturated heterocycles. The first-order valence-electron chi connectivity index (χ1n) is 9.46. The molecular weight excluding hydrogens is 448 g/mol. The van der Waals surface area contributed by atoms with Crippen LogP contribution in [-0.4, -0.2) is 42.8 Å². The van der Waals surface area contributed by atoms with Crippen molar-refractivity contribution >= 4 is 33.4 Å². The Labute approximate surface area is 181 Å². The van der Waals surface area contributed by atoms with Crippen LogP contribution in [0.1, 0.15) is 23.6 Å². The minimum absolute atomic E-state index is 0.0814. The van der Waals surface area contributed by atoms with E-state index in [9.17, 15) is 14.7 Å². The van der Waals surface area contributed by atoms with Crippen molar-refractivity contribution in [3.63, 3.8) is 0 Å². The zero-order chi connectivity index (χ0) is 21.1. The highest BCUT2D eigenvalue weighted by Gasteiger charge is 2.45. The molecule has 0 unspecified atom stereocenters. The summed E-state index contributed by atoms with van der Waals surface area (Å²) in [6, 6.07) is 9.82. The van der Waals surface area contributed by atoms with Gasteiger partial charge in [-0.05, 0) is 30.2 Å². The van der Waals surface area contributed by atoms with Crippen LogP contribution in [0.4, 0.5) is 0 Å². The van der Waals surface area contributed by atoms with Crippen molar-refractivity contribution in [3.05, 3.63) is 88.7 Å². The molecule has 30 heavy (non-hydrogen) atoms. The molecule has 0 bridgehead atoms. The number of rotatable bonds is 6. The number of benzene rings is 1. The van der Waals surface area contributed by atoms with E-state index in [-0.39, 0.29) is 11.3 Å². The second-order valence-corrected chi connectivity index (χ2v) is 7.86. The fourth-order valence-corrected chi connectivity index (χ4v) is 3.87. The quantitative estimate of drug-likeness (QED) is 0.340. The summed E-state index contributed by atoms with van der Waals surface area (Å²) in [7, 11) is 0. The van der Waals surface area contributed by atoms with Crippen LogP contribution in [0.25, 0.3) is 5.76 Å². The Morgan fingerprint density at radius 3 is 2.53 bits per heavy atom. The second kappa shape index (κ2) is 8.62. The minimum Gasteiger partial charge on any atom is -0.507 e. The second-order valence-electron chi connectivity index (χ2n) is 6.94. The summed E-state index contributed by atoms with van der Waals surface area (Å²) in [6.45, 7) is 1.02. The minimum atomic E-state index is -0.690. The number of nitrogens with zero attached hydrogens (tertiary/aromatic N) is 4. The molecule has 2 aromatic heterocycles. The van der Waals surface area contributed by atoms with Gasteiger partial charge >= 0.3 is 0 Å². The van der Waals surface area contributed by atoms with Gasteiger partial charge in [-0.3, -0.25) is 14.6 Å². The van der Waals surface area contributed by atoms with E-state index >= 15 is 0 Å². The number of likely N-dealkylation sites (tertiary alicyclic amines) is 1. The number of pyridine rings is 1. The summed E-state index contributed by atoms with van der Waals surface area (Å²) in [5.74, 6) is -1.49. The van der Waals surface area contributed by atoms with Crippen LogP contribution in [0.3, 0.4) is 0 Å². The fraction of sp³-hybridized carbons (Fsp3) is 0.182. The first kappa shape index (κ1) is 20.0. The summed E-state index contributed by atoms with van der Waals surface area (Å²) in [5, 5.41) is 11.0. The third-order valence-electron chi connectivity index (χ3n) is 5.03. The maximum absolute atomic E-state index is 12.9. The number of aryl methyl sites for hydroxylation is 1. The van der Waals surface area contributed by atoms with Gasteiger partial charge in [0.15, 0.2) is 0 Å². The number of aromatic nitrogens is 3. The maximum atomic E-state index is 12.9. The lowest BCUT2D eigenvalue weighted by molar-refractivity contribution is -0.139. The predicted molar refractivity (Wildman–Crippen MR) is 114 cm³/mol. The predicted octanol–water partition coefficient (Wildman–Crippen LogP) is 3.55. The van der Waals surface area contributed by atoms with Gasteiger partial charge in [0.25, 0.3) is 11.7 Å². The van der Waals surface area contributed by atoms with E-state index in [0.29, 0.717) is 30.6 Å². The summed E-state index contributed by atoms with van der Waals surface area (Å²) < 4.78 is 2.76. The van der Waals surface area contributed by atoms with Gasteiger partial charge in [-0.2, -0.15) is 0 Å². The van der Waals surface area contributed by atoms with Crippen molar-refractivity contribution in [1.82, 2.24) is 19.4 Å². The highest BCUT2D eigenvalue weighted by atomic mass is 79.9. The van der Waals surface area contributed by atoms with E-state index in [2.05, 4.69) is 25.9 Å². The molecule has 1 amide bonds. The lowest BCUT2D eigenvalue weighted by Crippen LogP contribution is -2.31. The van der Waals surface area contributed by atoms with E-state index in [1.54, 1.807) is 61.3 Å². The number of halogens is 1. The molecule has 1 atom stereocenters. The zero-order valence-corrected chi connectivity index (χ0v) is 17.6. The van der Waals surface area contributed by atoms with Gasteiger partial charge in [0.2, 0.25) is 0 Å². The lowest BCUT2D eigenvalue weighted by atomic mass is 9.96. The van der Waals surface area contributed by atoms with Gasteiger partial charge in [-0.25, -0.2) is 4.98 Å². The monoisotopic (exact) mass is 466 g/mol. The number of aliphatic hydroxyl groups is 1. The molecule has 1 aliphatic heterocycles. The number of Topliss-reactive ketones (excluding diaryl/α,β-unsaturated/α-hetero) is 1. The van der Waals surface area contributed by atoms with E-state index in [1.807, 2.05) is 10.8 Å². The van der Waals surface area contributed by atoms with Crippen LogP contribution >= 0.6 is 15.9 Å². The molecule has 1 fully saturated rings. The van der Waals surface area contributed by atoms with E-state index in [4.69, 9.17) is 0 Å². The van der Waals surface area contributed by atoms with Gasteiger partial charge in [0, 0.05) is 47.9 Å². The van der Waals surface area contributed by atoms with Crippen LogP contribution in [-0.2, 0) is 16.1 Å². The zero-order valence-electron chi connectivity index (χ0n) is 16.0. The fourth-order valence-electron chi connectivity index (χ4n) is 3.60. The van der Waals surface area contributed by atoms with Gasteiger partial charge in [-0.15, -0.1) is 0 Å². The van der Waals surface area contributed by atoms with Crippen molar-refractivity contribution in [3.8, 4) is 0 Å². The molecule has 7 nitrogen and oxygen atoms in total. The maximum Gasteiger partial charge on any atom is 0.295 e. The number of ketones is 1. The molecule has 3 heterocycles. The molecule has 0 spiro atoms. The van der Waals surface area contributed by atoms with Crippen LogP contribution in [0.5, 0.6) is 0 Å². The Kier molecular flexibility index (Phi) is 5.76. The van der Waals surface area contributed by atoms with Gasteiger partial charge in [0.1, 0.15) is 5.76 Å². The van der Waals surface area contributed by atoms with E-state index < -0.39 is 17.7 Å². The standard InChI is InChI=1S/C22H19BrN4O3/c23-17-6-4-15(5-7-17)20(28)18-19(16-3-1-8-24-13-16)27(22(30)21(18)29)11-2-10-26-12-9-25-14-26/h1,3-9,12-14,19,28H,2,10-11H2/b20-18+/t19-/m0/s1. The lowest BCUT2D eigenvalue weighted by Gasteiger charge is -2.25. The third-order valence-corrected chi connectivity index (χ3v) is 5.56. The molecule has 152 valence electrons. The number of carbonyl (C=O) groups is 2. The Morgan fingerprint density at radius 1 is 1.07 bits per heavy atom. The normalized spacial score (nSPS) is 18.2. The molecule has 3 aromatic rings. The van der Waals surface area contributed by atoms with Gasteiger partial charge < -0.3 is 14.6 Å². The number of imidazole rings is 1. The highest BCUT2D eigenvalue weighted by molar-refractivity contribution is 9.10. The van der Waals surface area contributed by atoms with E-state index in [0.717, 1.165) is 4.47 Å². The highest BCUT2D eigenvalue weighted by Crippen LogP contribution is 2.39. The average molecular weight is 467 g/mol. The Morgan fingerprint density at radius 2 is 1.87 bits per heavy atom. The number of aliphatic hydroxyl groups excluding tert-OH is 1. The number of carbonyl (C=O) groups excluding carboxylic acids is 2. The first-order chi connectivity index (χ1) is 14.6. The Bertz CT molecular complexity index is 1080. The Balaban J connectivity index is 1.71. The van der Waals surface area contributed by atoms with Crippen LogP contribution in [0, 0.1) is 0 Å². The average Bonchev–Trinajstić information content (AvgIpc) is 3.37. The molecule has 0 radical (unpaired) electrons. The summed E-state index contributed by atoms with van der Waals surface area (Å²) >= 11 is 3.36. The van der Waals surface area contributed by atoms with Crippen molar-refractivity contribution in [2.45, 2.75) is 19.0 Å². The topological polar surface area (TPSA) is 88.3 Å². The van der Waals surface area contributed by atoms with Crippen molar-refractivity contribution in [2.24, 2.45) is 0 Å². The molecule has 1 N–H and O–H groups in total. The summed E-state index contributed by atoms with van der Waals surface area (Å²) in [4.78, 5) is 35.5. The number of amides is 1. The Hall–Kier alpha value is -3.26. The van der Waals surface area contributed by atoms with Gasteiger partial charge in [-0.1, -0.05) is 34.1 Å². The van der Waals surface area contributed by atoms with E-state index in [1.165, 1.54) is 4.90 Å². The SMILES string of the molecule is O=C1C(=O)N(CCCn2ccnc2)[C@@H](c2cccnc2)/C1=C(\O)c1ccc(Br)cc1. The number of hydrogen-bond donors (Lipinski definition) is 1. The molecule has 8 heteroatoms. The first-order valence-corrected chi connectivity index (χ1v) is 10.3. The van der Waals surface area contributed by atoms with Crippen LogP contribution in [0.2, 0.25) is 0 Å². The largest absolute Gasteiger partial charge is 0.507 e. The molecule has 1 aromatic carbocycles. The van der Waals surface area contributed by atoms with Crippen molar-refractivity contribution in [2.75, 3.05) is 6.54 Å². The third kappa shape index (κ3) is 3.91. The van der Waals surface area contributed by atoms with Crippen molar-refractivity contribution < 1.29 is 14.7 Å². The summed E-state index contributed by atoms with van der Waals surface area (Å²) in [5.41, 5.74) is 1.24. The molecule has 1 aliphatic rings.